The lowest BCUT2D eigenvalue weighted by Crippen LogP contribution is -2.32. The third-order valence-corrected chi connectivity index (χ3v) is 3.66. The Kier molecular flexibility index (Phi) is 3.66. The van der Waals surface area contributed by atoms with Crippen LogP contribution < -0.4 is 10.5 Å². The number of para-hydroxylation sites is 1. The van der Waals surface area contributed by atoms with Gasteiger partial charge in [-0.3, -0.25) is 4.79 Å². The minimum absolute atomic E-state index is 0.135. The number of anilines is 1. The number of ether oxygens (including phenoxy) is 1. The van der Waals surface area contributed by atoms with Gasteiger partial charge in [0, 0.05) is 18.3 Å². The molecule has 2 aromatic rings. The first-order chi connectivity index (χ1) is 10.1. The molecule has 2 N–H and O–H groups in total. The van der Waals surface area contributed by atoms with Gasteiger partial charge >= 0.3 is 0 Å². The van der Waals surface area contributed by atoms with Gasteiger partial charge in [-0.05, 0) is 12.1 Å². The van der Waals surface area contributed by atoms with Gasteiger partial charge in [-0.15, -0.1) is 0 Å². The lowest BCUT2D eigenvalue weighted by Gasteiger charge is -2.19. The maximum atomic E-state index is 12.6. The van der Waals surface area contributed by atoms with Gasteiger partial charge < -0.3 is 15.4 Å². The molecule has 0 bridgehead atoms. The van der Waals surface area contributed by atoms with Gasteiger partial charge in [-0.25, -0.2) is 4.98 Å². The Morgan fingerprint density at radius 3 is 3.00 bits per heavy atom. The predicted molar refractivity (Wildman–Crippen MR) is 80.3 cm³/mol. The Hall–Kier alpha value is -2.27. The van der Waals surface area contributed by atoms with Gasteiger partial charge in [0.1, 0.15) is 18.2 Å². The zero-order valence-electron chi connectivity index (χ0n) is 11.3. The van der Waals surface area contributed by atoms with Crippen molar-refractivity contribution in [3.8, 4) is 5.75 Å². The molecule has 0 aliphatic carbocycles. The second kappa shape index (κ2) is 5.61. The van der Waals surface area contributed by atoms with E-state index in [1.807, 2.05) is 24.3 Å². The quantitative estimate of drug-likeness (QED) is 0.878. The van der Waals surface area contributed by atoms with E-state index < -0.39 is 0 Å². The van der Waals surface area contributed by atoms with E-state index in [-0.39, 0.29) is 16.7 Å². The minimum atomic E-state index is -0.135. The number of nitrogens with zero attached hydrogens (tertiary/aromatic N) is 2. The first-order valence-electron chi connectivity index (χ1n) is 6.56. The number of fused-ring (bicyclic) bond motifs is 1. The van der Waals surface area contributed by atoms with E-state index in [9.17, 15) is 4.79 Å². The van der Waals surface area contributed by atoms with Crippen LogP contribution in [0.3, 0.4) is 0 Å². The second-order valence-corrected chi connectivity index (χ2v) is 5.18. The summed E-state index contributed by atoms with van der Waals surface area (Å²) >= 11 is 5.93. The Morgan fingerprint density at radius 2 is 2.19 bits per heavy atom. The lowest BCUT2D eigenvalue weighted by molar-refractivity contribution is 0.0733. The molecule has 1 amide bonds. The zero-order chi connectivity index (χ0) is 14.8. The number of hydrogen-bond donors (Lipinski definition) is 1. The van der Waals surface area contributed by atoms with Crippen molar-refractivity contribution in [2.45, 2.75) is 6.54 Å². The number of pyridine rings is 1. The lowest BCUT2D eigenvalue weighted by atomic mass is 10.1. The SMILES string of the molecule is Nc1ncc(C(=O)N2CCOc3ccccc3C2)cc1Cl. The van der Waals surface area contributed by atoms with Crippen LogP contribution in [0.4, 0.5) is 5.82 Å². The maximum absolute atomic E-state index is 12.6. The first kappa shape index (κ1) is 13.7. The molecule has 1 aromatic carbocycles. The van der Waals surface area contributed by atoms with Crippen LogP contribution in [0.5, 0.6) is 5.75 Å². The third kappa shape index (κ3) is 2.78. The van der Waals surface area contributed by atoms with Crippen LogP contribution in [-0.2, 0) is 6.54 Å². The van der Waals surface area contributed by atoms with Crippen molar-refractivity contribution in [2.24, 2.45) is 0 Å². The zero-order valence-corrected chi connectivity index (χ0v) is 12.0. The molecule has 0 unspecified atom stereocenters. The smallest absolute Gasteiger partial charge is 0.255 e. The molecular weight excluding hydrogens is 290 g/mol. The highest BCUT2D eigenvalue weighted by Gasteiger charge is 2.21. The van der Waals surface area contributed by atoms with Crippen LogP contribution in [0.25, 0.3) is 0 Å². The van der Waals surface area contributed by atoms with Crippen molar-refractivity contribution in [1.82, 2.24) is 9.88 Å². The number of rotatable bonds is 1. The van der Waals surface area contributed by atoms with Gasteiger partial charge in [0.25, 0.3) is 5.91 Å². The summed E-state index contributed by atoms with van der Waals surface area (Å²) in [5.74, 6) is 0.906. The van der Waals surface area contributed by atoms with Gasteiger partial charge in [0.2, 0.25) is 0 Å². The highest BCUT2D eigenvalue weighted by Crippen LogP contribution is 2.24. The van der Waals surface area contributed by atoms with Crippen molar-refractivity contribution in [2.75, 3.05) is 18.9 Å². The minimum Gasteiger partial charge on any atom is -0.491 e. The molecule has 1 aliphatic rings. The third-order valence-electron chi connectivity index (χ3n) is 3.36. The summed E-state index contributed by atoms with van der Waals surface area (Å²) in [6, 6.07) is 9.25. The topological polar surface area (TPSA) is 68.5 Å². The molecule has 6 heteroatoms. The van der Waals surface area contributed by atoms with Gasteiger partial charge in [-0.1, -0.05) is 29.8 Å². The van der Waals surface area contributed by atoms with Crippen LogP contribution in [0.15, 0.2) is 36.5 Å². The molecule has 2 heterocycles. The summed E-state index contributed by atoms with van der Waals surface area (Å²) in [7, 11) is 0. The van der Waals surface area contributed by atoms with Crippen molar-refractivity contribution >= 4 is 23.3 Å². The van der Waals surface area contributed by atoms with Crippen molar-refractivity contribution < 1.29 is 9.53 Å². The van der Waals surface area contributed by atoms with Crippen molar-refractivity contribution in [3.63, 3.8) is 0 Å². The number of carbonyl (C=O) groups excluding carboxylic acids is 1. The van der Waals surface area contributed by atoms with Gasteiger partial charge in [0.05, 0.1) is 17.1 Å². The summed E-state index contributed by atoms with van der Waals surface area (Å²) in [6.45, 7) is 1.46. The van der Waals surface area contributed by atoms with Crippen LogP contribution >= 0.6 is 11.6 Å². The molecule has 1 aromatic heterocycles. The average molecular weight is 304 g/mol. The number of halogens is 1. The molecule has 108 valence electrons. The van der Waals surface area contributed by atoms with E-state index in [0.717, 1.165) is 11.3 Å². The Bertz CT molecular complexity index is 690. The van der Waals surface area contributed by atoms with Crippen LogP contribution in [0.1, 0.15) is 15.9 Å². The fourth-order valence-corrected chi connectivity index (χ4v) is 2.41. The first-order valence-corrected chi connectivity index (χ1v) is 6.94. The fraction of sp³-hybridized carbons (Fsp3) is 0.200. The van der Waals surface area contributed by atoms with Crippen molar-refractivity contribution in [3.05, 3.63) is 52.7 Å². The normalized spacial score (nSPS) is 14.0. The summed E-state index contributed by atoms with van der Waals surface area (Å²) in [6.07, 6.45) is 1.45. The molecule has 0 saturated carbocycles. The number of amides is 1. The largest absolute Gasteiger partial charge is 0.491 e. The molecule has 0 radical (unpaired) electrons. The second-order valence-electron chi connectivity index (χ2n) is 4.77. The van der Waals surface area contributed by atoms with Crippen LogP contribution in [-0.4, -0.2) is 28.9 Å². The summed E-state index contributed by atoms with van der Waals surface area (Å²) < 4.78 is 5.65. The number of benzene rings is 1. The molecule has 3 rings (SSSR count). The van der Waals surface area contributed by atoms with Crippen LogP contribution in [0.2, 0.25) is 5.02 Å². The van der Waals surface area contributed by atoms with E-state index in [1.165, 1.54) is 6.20 Å². The van der Waals surface area contributed by atoms with E-state index in [2.05, 4.69) is 4.98 Å². The molecule has 5 nitrogen and oxygen atoms in total. The highest BCUT2D eigenvalue weighted by molar-refractivity contribution is 6.33. The standard InChI is InChI=1S/C15H14ClN3O2/c16-12-7-11(8-18-14(12)17)15(20)19-5-6-21-13-4-2-1-3-10(13)9-19/h1-4,7-8H,5-6,9H2,(H2,17,18). The van der Waals surface area contributed by atoms with Gasteiger partial charge in [-0.2, -0.15) is 0 Å². The number of nitrogens with two attached hydrogens (primary N) is 1. The molecular formula is C15H14ClN3O2. The summed E-state index contributed by atoms with van der Waals surface area (Å²) in [5.41, 5.74) is 6.98. The molecule has 0 fully saturated rings. The molecule has 0 spiro atoms. The number of aromatic nitrogens is 1. The Morgan fingerprint density at radius 1 is 1.38 bits per heavy atom. The highest BCUT2D eigenvalue weighted by atomic mass is 35.5. The number of nitrogen functional groups attached to an aromatic ring is 1. The van der Waals surface area contributed by atoms with Gasteiger partial charge in [0.15, 0.2) is 0 Å². The molecule has 1 aliphatic heterocycles. The average Bonchev–Trinajstić information content (AvgIpc) is 2.71. The maximum Gasteiger partial charge on any atom is 0.255 e. The Balaban J connectivity index is 1.86. The predicted octanol–water partition coefficient (Wildman–Crippen LogP) is 2.35. The van der Waals surface area contributed by atoms with E-state index >= 15 is 0 Å². The number of carbonyl (C=O) groups is 1. The monoisotopic (exact) mass is 303 g/mol. The molecule has 0 atom stereocenters. The fourth-order valence-electron chi connectivity index (χ4n) is 2.25. The molecule has 0 saturated heterocycles. The van der Waals surface area contributed by atoms with E-state index in [1.54, 1.807) is 11.0 Å². The summed E-state index contributed by atoms with van der Waals surface area (Å²) in [4.78, 5) is 18.2. The summed E-state index contributed by atoms with van der Waals surface area (Å²) in [5, 5.41) is 0.285. The van der Waals surface area contributed by atoms with Crippen molar-refractivity contribution in [1.29, 1.82) is 0 Å². The van der Waals surface area contributed by atoms with E-state index in [0.29, 0.717) is 25.3 Å². The Labute approximate surface area is 127 Å². The van der Waals surface area contributed by atoms with E-state index in [4.69, 9.17) is 22.1 Å². The van der Waals surface area contributed by atoms with Crippen LogP contribution in [0, 0.1) is 0 Å². The number of hydrogen-bond acceptors (Lipinski definition) is 4. The molecule has 21 heavy (non-hydrogen) atoms.